The average molecular weight is 416 g/mol. The van der Waals surface area contributed by atoms with Crippen molar-refractivity contribution in [1.29, 1.82) is 0 Å². The molecule has 3 aliphatic rings. The fraction of sp³-hybridized carbons (Fsp3) is 0.720. The Morgan fingerprint density at radius 1 is 1.37 bits per heavy atom. The number of phenols is 1. The molecule has 30 heavy (non-hydrogen) atoms. The van der Waals surface area contributed by atoms with Crippen LogP contribution in [0.15, 0.2) is 18.2 Å². The molecular formula is C25H37NO4. The van der Waals surface area contributed by atoms with E-state index >= 15 is 0 Å². The highest BCUT2D eigenvalue weighted by Crippen LogP contribution is 2.70. The number of nitrogens with one attached hydrogen (secondary N) is 1. The number of ether oxygens (including phenoxy) is 2. The van der Waals surface area contributed by atoms with Crippen LogP contribution in [0.5, 0.6) is 11.5 Å². The predicted molar refractivity (Wildman–Crippen MR) is 116 cm³/mol. The van der Waals surface area contributed by atoms with Crippen molar-refractivity contribution in [3.63, 3.8) is 0 Å². The third-order valence-corrected chi connectivity index (χ3v) is 8.02. The summed E-state index contributed by atoms with van der Waals surface area (Å²) in [6.07, 6.45) is 3.83. The molecule has 4 rings (SSSR count). The number of rotatable bonds is 6. The summed E-state index contributed by atoms with van der Waals surface area (Å²) in [4.78, 5) is 12.8. The van der Waals surface area contributed by atoms with E-state index in [2.05, 4.69) is 33.0 Å². The summed E-state index contributed by atoms with van der Waals surface area (Å²) < 4.78 is 12.0. The number of carbonyl (C=O) groups is 1. The molecule has 2 bridgehead atoms. The first kappa shape index (κ1) is 21.5. The van der Waals surface area contributed by atoms with Gasteiger partial charge >= 0.3 is 0 Å². The van der Waals surface area contributed by atoms with Gasteiger partial charge < -0.3 is 19.9 Å². The SMILES string of the molecule is CCOc1cc([C@H]2OCCC34C[C@@H](C[C@H]23)C(C)(C)[C@@H]4NC(=O)CC(C)C)ccc1O. The van der Waals surface area contributed by atoms with Crippen LogP contribution in [0.25, 0.3) is 0 Å². The maximum atomic E-state index is 12.8. The van der Waals surface area contributed by atoms with Gasteiger partial charge in [0.1, 0.15) is 0 Å². The summed E-state index contributed by atoms with van der Waals surface area (Å²) in [6.45, 7) is 12.0. The Morgan fingerprint density at radius 3 is 2.83 bits per heavy atom. The van der Waals surface area contributed by atoms with Gasteiger partial charge in [-0.2, -0.15) is 0 Å². The second kappa shape index (κ2) is 7.74. The number of hydrogen-bond acceptors (Lipinski definition) is 4. The summed E-state index contributed by atoms with van der Waals surface area (Å²) in [6, 6.07) is 5.79. The number of fused-ring (bicyclic) bond motifs is 1. The Bertz CT molecular complexity index is 804. The molecule has 1 unspecified atom stereocenters. The van der Waals surface area contributed by atoms with E-state index in [9.17, 15) is 9.90 Å². The van der Waals surface area contributed by atoms with Crippen molar-refractivity contribution in [2.75, 3.05) is 13.2 Å². The minimum Gasteiger partial charge on any atom is -0.504 e. The Labute approximate surface area is 180 Å². The maximum absolute atomic E-state index is 12.8. The number of phenolic OH excluding ortho intramolecular Hbond substituents is 1. The number of aromatic hydroxyl groups is 1. The van der Waals surface area contributed by atoms with Gasteiger partial charge in [-0.3, -0.25) is 4.79 Å². The molecular weight excluding hydrogens is 378 g/mol. The third kappa shape index (κ3) is 3.39. The van der Waals surface area contributed by atoms with Crippen molar-refractivity contribution < 1.29 is 19.4 Å². The second-order valence-corrected chi connectivity index (χ2v) is 10.6. The van der Waals surface area contributed by atoms with Crippen molar-refractivity contribution >= 4 is 5.91 Å². The van der Waals surface area contributed by atoms with Crippen LogP contribution in [0.4, 0.5) is 0 Å². The van der Waals surface area contributed by atoms with Gasteiger partial charge in [-0.1, -0.05) is 33.8 Å². The van der Waals surface area contributed by atoms with Crippen molar-refractivity contribution in [2.45, 2.75) is 72.4 Å². The number of hydrogen-bond donors (Lipinski definition) is 2. The molecule has 1 aromatic rings. The van der Waals surface area contributed by atoms with Crippen LogP contribution in [0, 0.1) is 28.6 Å². The predicted octanol–water partition coefficient (Wildman–Crippen LogP) is 4.84. The summed E-state index contributed by atoms with van der Waals surface area (Å²) in [5.74, 6) is 2.17. The van der Waals surface area contributed by atoms with Gasteiger partial charge in [-0.25, -0.2) is 0 Å². The number of benzene rings is 1. The van der Waals surface area contributed by atoms with Crippen LogP contribution in [0.2, 0.25) is 0 Å². The van der Waals surface area contributed by atoms with Crippen LogP contribution in [-0.4, -0.2) is 30.3 Å². The van der Waals surface area contributed by atoms with Crippen molar-refractivity contribution in [2.24, 2.45) is 28.6 Å². The van der Waals surface area contributed by atoms with Crippen molar-refractivity contribution in [3.05, 3.63) is 23.8 Å². The zero-order valence-corrected chi connectivity index (χ0v) is 19.0. The molecule has 0 aromatic heterocycles. The quantitative estimate of drug-likeness (QED) is 0.698. The Hall–Kier alpha value is -1.75. The highest BCUT2D eigenvalue weighted by Gasteiger charge is 2.68. The molecule has 1 aliphatic heterocycles. The molecule has 5 atom stereocenters. The molecule has 1 saturated heterocycles. The van der Waals surface area contributed by atoms with E-state index in [0.29, 0.717) is 43.1 Å². The van der Waals surface area contributed by atoms with E-state index < -0.39 is 0 Å². The molecule has 166 valence electrons. The molecule has 2 N–H and O–H groups in total. The second-order valence-electron chi connectivity index (χ2n) is 10.6. The lowest BCUT2D eigenvalue weighted by Crippen LogP contribution is -2.59. The number of carbonyl (C=O) groups excluding carboxylic acids is 1. The summed E-state index contributed by atoms with van der Waals surface area (Å²) in [5, 5.41) is 13.6. The Kier molecular flexibility index (Phi) is 5.54. The molecule has 5 heteroatoms. The van der Waals surface area contributed by atoms with E-state index in [1.165, 1.54) is 0 Å². The average Bonchev–Trinajstić information content (AvgIpc) is 3.16. The van der Waals surface area contributed by atoms with E-state index in [0.717, 1.165) is 24.8 Å². The summed E-state index contributed by atoms with van der Waals surface area (Å²) in [7, 11) is 0. The normalized spacial score (nSPS) is 34.1. The Balaban J connectivity index is 1.64. The molecule has 3 fully saturated rings. The molecule has 1 aromatic carbocycles. The van der Waals surface area contributed by atoms with Crippen LogP contribution in [0.3, 0.4) is 0 Å². The smallest absolute Gasteiger partial charge is 0.220 e. The lowest BCUT2D eigenvalue weighted by molar-refractivity contribution is -0.137. The third-order valence-electron chi connectivity index (χ3n) is 8.02. The van der Waals surface area contributed by atoms with Gasteiger partial charge in [-0.15, -0.1) is 0 Å². The van der Waals surface area contributed by atoms with E-state index in [-0.39, 0.29) is 34.6 Å². The van der Waals surface area contributed by atoms with Crippen LogP contribution in [-0.2, 0) is 9.53 Å². The van der Waals surface area contributed by atoms with Crippen molar-refractivity contribution in [3.8, 4) is 11.5 Å². The van der Waals surface area contributed by atoms with Gasteiger partial charge in [0.2, 0.25) is 5.91 Å². The highest BCUT2D eigenvalue weighted by atomic mass is 16.5. The van der Waals surface area contributed by atoms with Crippen LogP contribution >= 0.6 is 0 Å². The zero-order chi connectivity index (χ0) is 21.7. The molecule has 5 nitrogen and oxygen atoms in total. The molecule has 2 aliphatic carbocycles. The molecule has 0 radical (unpaired) electrons. The van der Waals surface area contributed by atoms with Crippen LogP contribution < -0.4 is 10.1 Å². The zero-order valence-electron chi connectivity index (χ0n) is 19.0. The van der Waals surface area contributed by atoms with Gasteiger partial charge in [0.15, 0.2) is 11.5 Å². The highest BCUT2D eigenvalue weighted by molar-refractivity contribution is 5.76. The maximum Gasteiger partial charge on any atom is 0.220 e. The summed E-state index contributed by atoms with van der Waals surface area (Å²) >= 11 is 0. The molecule has 1 amide bonds. The summed E-state index contributed by atoms with van der Waals surface area (Å²) in [5.41, 5.74) is 1.24. The lowest BCUT2D eigenvalue weighted by Gasteiger charge is -2.53. The van der Waals surface area contributed by atoms with E-state index in [1.54, 1.807) is 6.07 Å². The number of amides is 1. The minimum absolute atomic E-state index is 0.0239. The Morgan fingerprint density at radius 2 is 2.13 bits per heavy atom. The lowest BCUT2D eigenvalue weighted by atomic mass is 9.58. The standard InChI is InChI=1S/C25H37NO4/c1-6-29-20-12-16(7-8-19(20)27)22-18-13-17-14-25(18,9-10-30-22)23(24(17,4)5)26-21(28)11-15(2)3/h7-8,12,15,17-18,22-23,27H,6,9-11,13-14H2,1-5H3,(H,26,28)/t17-,18-,22-,23+,25?/m1/s1. The minimum atomic E-state index is -0.0239. The fourth-order valence-corrected chi connectivity index (χ4v) is 6.69. The van der Waals surface area contributed by atoms with Crippen molar-refractivity contribution in [1.82, 2.24) is 5.32 Å². The van der Waals surface area contributed by atoms with Gasteiger partial charge in [-0.05, 0) is 72.5 Å². The monoisotopic (exact) mass is 415 g/mol. The topological polar surface area (TPSA) is 67.8 Å². The molecule has 1 spiro atoms. The van der Waals surface area contributed by atoms with E-state index in [4.69, 9.17) is 9.47 Å². The first-order valence-electron chi connectivity index (χ1n) is 11.6. The van der Waals surface area contributed by atoms with Gasteiger partial charge in [0, 0.05) is 19.1 Å². The molecule has 2 saturated carbocycles. The fourth-order valence-electron chi connectivity index (χ4n) is 6.69. The van der Waals surface area contributed by atoms with E-state index in [1.807, 2.05) is 19.1 Å². The molecule has 1 heterocycles. The van der Waals surface area contributed by atoms with Crippen LogP contribution in [0.1, 0.15) is 72.0 Å². The van der Waals surface area contributed by atoms with Gasteiger partial charge in [0.25, 0.3) is 0 Å². The largest absolute Gasteiger partial charge is 0.504 e. The van der Waals surface area contributed by atoms with Gasteiger partial charge in [0.05, 0.1) is 12.7 Å². The first-order chi connectivity index (χ1) is 14.2. The first-order valence-corrected chi connectivity index (χ1v) is 11.6.